The predicted molar refractivity (Wildman–Crippen MR) is 75.4 cm³/mol. The van der Waals surface area contributed by atoms with Gasteiger partial charge in [0.25, 0.3) is 5.56 Å². The summed E-state index contributed by atoms with van der Waals surface area (Å²) in [5.74, 6) is -0.364. The molecule has 0 radical (unpaired) electrons. The highest BCUT2D eigenvalue weighted by Crippen LogP contribution is 2.13. The minimum atomic E-state index is -0.447. The first kappa shape index (κ1) is 16.0. The zero-order chi connectivity index (χ0) is 15.1. The predicted octanol–water partition coefficient (Wildman–Crippen LogP) is 2.19. The number of unbranched alkanes of at least 4 members (excludes halogenated alkanes) is 1. The molecule has 1 rings (SSSR count). The highest BCUT2D eigenvalue weighted by atomic mass is 16.5. The summed E-state index contributed by atoms with van der Waals surface area (Å²) in [7, 11) is 0. The number of esters is 1. The molecule has 108 valence electrons. The molecule has 0 aromatic carbocycles. The van der Waals surface area contributed by atoms with Crippen LogP contribution in [-0.2, 0) is 16.1 Å². The topological polar surface area (TPSA) is 72.1 Å². The summed E-state index contributed by atoms with van der Waals surface area (Å²) >= 11 is 0. The lowest BCUT2D eigenvalue weighted by Crippen LogP contribution is -2.30. The van der Waals surface area contributed by atoms with Gasteiger partial charge < -0.3 is 9.30 Å². The standard InChI is InChI=1S/C15H20N2O3/c1-4-5-8-20-14(18)10-17-13(11(2)3)7-6-12(9-16)15(17)19/h6-7,11H,4-5,8,10H2,1-3H3. The zero-order valence-corrected chi connectivity index (χ0v) is 12.2. The fourth-order valence-electron chi connectivity index (χ4n) is 1.85. The summed E-state index contributed by atoms with van der Waals surface area (Å²) in [6.07, 6.45) is 1.74. The fraction of sp³-hybridized carbons (Fsp3) is 0.533. The Morgan fingerprint density at radius 1 is 1.45 bits per heavy atom. The molecule has 0 saturated carbocycles. The van der Waals surface area contributed by atoms with Gasteiger partial charge in [0.15, 0.2) is 0 Å². The quantitative estimate of drug-likeness (QED) is 0.589. The van der Waals surface area contributed by atoms with Gasteiger partial charge in [0, 0.05) is 5.69 Å². The molecule has 1 aromatic rings. The Morgan fingerprint density at radius 3 is 2.70 bits per heavy atom. The molecule has 0 spiro atoms. The van der Waals surface area contributed by atoms with Crippen molar-refractivity contribution in [2.45, 2.75) is 46.1 Å². The molecule has 0 N–H and O–H groups in total. The Morgan fingerprint density at radius 2 is 2.15 bits per heavy atom. The third-order valence-electron chi connectivity index (χ3n) is 2.97. The van der Waals surface area contributed by atoms with E-state index in [1.807, 2.05) is 26.8 Å². The lowest BCUT2D eigenvalue weighted by molar-refractivity contribution is -0.144. The number of pyridine rings is 1. The SMILES string of the molecule is CCCCOC(=O)Cn1c(C(C)C)ccc(C#N)c1=O. The average molecular weight is 276 g/mol. The molecule has 1 heterocycles. The maximum absolute atomic E-state index is 12.1. The van der Waals surface area contributed by atoms with Gasteiger partial charge in [0.05, 0.1) is 6.61 Å². The van der Waals surface area contributed by atoms with Gasteiger partial charge in [-0.15, -0.1) is 0 Å². The van der Waals surface area contributed by atoms with Gasteiger partial charge in [-0.2, -0.15) is 5.26 Å². The molecule has 0 saturated heterocycles. The second kappa shape index (κ2) is 7.49. The number of nitrogens with zero attached hydrogens (tertiary/aromatic N) is 2. The molecule has 0 amide bonds. The van der Waals surface area contributed by atoms with E-state index >= 15 is 0 Å². The number of hydrogen-bond donors (Lipinski definition) is 0. The van der Waals surface area contributed by atoms with Crippen LogP contribution < -0.4 is 5.56 Å². The average Bonchev–Trinajstić information content (AvgIpc) is 2.41. The molecule has 0 aliphatic rings. The molecular weight excluding hydrogens is 256 g/mol. The maximum Gasteiger partial charge on any atom is 0.326 e. The van der Waals surface area contributed by atoms with Crippen LogP contribution in [0.2, 0.25) is 0 Å². The van der Waals surface area contributed by atoms with E-state index in [0.717, 1.165) is 18.5 Å². The summed E-state index contributed by atoms with van der Waals surface area (Å²) in [4.78, 5) is 23.9. The summed E-state index contributed by atoms with van der Waals surface area (Å²) in [6, 6.07) is 5.05. The van der Waals surface area contributed by atoms with Crippen LogP contribution >= 0.6 is 0 Å². The van der Waals surface area contributed by atoms with Crippen LogP contribution in [0, 0.1) is 11.3 Å². The van der Waals surface area contributed by atoms with E-state index in [1.165, 1.54) is 10.6 Å². The van der Waals surface area contributed by atoms with Crippen molar-refractivity contribution in [3.63, 3.8) is 0 Å². The number of aromatic nitrogens is 1. The number of rotatable bonds is 6. The van der Waals surface area contributed by atoms with E-state index in [-0.39, 0.29) is 18.0 Å². The van der Waals surface area contributed by atoms with Crippen molar-refractivity contribution >= 4 is 5.97 Å². The van der Waals surface area contributed by atoms with E-state index in [4.69, 9.17) is 10.00 Å². The number of carbonyl (C=O) groups is 1. The lowest BCUT2D eigenvalue weighted by atomic mass is 10.1. The van der Waals surface area contributed by atoms with Crippen LogP contribution in [-0.4, -0.2) is 17.1 Å². The first-order valence-corrected chi connectivity index (χ1v) is 6.80. The third-order valence-corrected chi connectivity index (χ3v) is 2.97. The van der Waals surface area contributed by atoms with Crippen molar-refractivity contribution in [3.8, 4) is 6.07 Å². The molecule has 0 aliphatic heterocycles. The van der Waals surface area contributed by atoms with Gasteiger partial charge in [0.1, 0.15) is 18.2 Å². The van der Waals surface area contributed by atoms with Gasteiger partial charge in [-0.1, -0.05) is 27.2 Å². The summed E-state index contributed by atoms with van der Waals surface area (Å²) in [6.45, 7) is 6.08. The van der Waals surface area contributed by atoms with Gasteiger partial charge in [-0.25, -0.2) is 0 Å². The minimum Gasteiger partial charge on any atom is -0.464 e. The number of hydrogen-bond acceptors (Lipinski definition) is 4. The maximum atomic E-state index is 12.1. The minimum absolute atomic E-state index is 0.0377. The van der Waals surface area contributed by atoms with Crippen molar-refractivity contribution in [3.05, 3.63) is 33.7 Å². The lowest BCUT2D eigenvalue weighted by Gasteiger charge is -2.15. The van der Waals surface area contributed by atoms with Crippen LogP contribution in [0.25, 0.3) is 0 Å². The Balaban J connectivity index is 3.00. The van der Waals surface area contributed by atoms with Crippen LogP contribution in [0.15, 0.2) is 16.9 Å². The molecule has 5 heteroatoms. The molecule has 5 nitrogen and oxygen atoms in total. The van der Waals surface area contributed by atoms with E-state index < -0.39 is 11.5 Å². The number of ether oxygens (including phenoxy) is 1. The summed E-state index contributed by atoms with van der Waals surface area (Å²) < 4.78 is 6.40. The Kier molecular flexibility index (Phi) is 5.98. The molecule has 0 aliphatic carbocycles. The van der Waals surface area contributed by atoms with E-state index in [1.54, 1.807) is 6.07 Å². The molecule has 20 heavy (non-hydrogen) atoms. The van der Waals surface area contributed by atoms with Crippen molar-refractivity contribution in [2.24, 2.45) is 0 Å². The molecule has 0 fully saturated rings. The Bertz CT molecular complexity index is 567. The van der Waals surface area contributed by atoms with Gasteiger partial charge >= 0.3 is 5.97 Å². The normalized spacial score (nSPS) is 10.3. The molecule has 0 atom stereocenters. The second-order valence-electron chi connectivity index (χ2n) is 4.90. The third kappa shape index (κ3) is 3.95. The van der Waals surface area contributed by atoms with Crippen molar-refractivity contribution in [1.29, 1.82) is 5.26 Å². The van der Waals surface area contributed by atoms with Crippen LogP contribution in [0.3, 0.4) is 0 Å². The van der Waals surface area contributed by atoms with Crippen molar-refractivity contribution in [1.82, 2.24) is 4.57 Å². The molecule has 1 aromatic heterocycles. The van der Waals surface area contributed by atoms with Gasteiger partial charge in [-0.3, -0.25) is 9.59 Å². The Hall–Kier alpha value is -2.09. The first-order chi connectivity index (χ1) is 9.51. The monoisotopic (exact) mass is 276 g/mol. The van der Waals surface area contributed by atoms with Crippen molar-refractivity contribution in [2.75, 3.05) is 6.61 Å². The van der Waals surface area contributed by atoms with Crippen LogP contribution in [0.5, 0.6) is 0 Å². The molecule has 0 unspecified atom stereocenters. The molecule has 0 bridgehead atoms. The largest absolute Gasteiger partial charge is 0.464 e. The highest BCUT2D eigenvalue weighted by molar-refractivity contribution is 5.69. The van der Waals surface area contributed by atoms with Crippen molar-refractivity contribution < 1.29 is 9.53 Å². The Labute approximate surface area is 118 Å². The summed E-state index contributed by atoms with van der Waals surface area (Å²) in [5.41, 5.74) is 0.323. The fourth-order valence-corrected chi connectivity index (χ4v) is 1.85. The summed E-state index contributed by atoms with van der Waals surface area (Å²) in [5, 5.41) is 8.90. The van der Waals surface area contributed by atoms with Crippen LogP contribution in [0.4, 0.5) is 0 Å². The van der Waals surface area contributed by atoms with E-state index in [9.17, 15) is 9.59 Å². The first-order valence-electron chi connectivity index (χ1n) is 6.80. The van der Waals surface area contributed by atoms with Crippen LogP contribution in [0.1, 0.15) is 50.8 Å². The number of nitriles is 1. The highest BCUT2D eigenvalue weighted by Gasteiger charge is 2.14. The zero-order valence-electron chi connectivity index (χ0n) is 12.2. The number of carbonyl (C=O) groups excluding carboxylic acids is 1. The van der Waals surface area contributed by atoms with E-state index in [2.05, 4.69) is 0 Å². The second-order valence-corrected chi connectivity index (χ2v) is 4.90. The molecular formula is C15H20N2O3. The van der Waals surface area contributed by atoms with Gasteiger partial charge in [-0.05, 0) is 24.5 Å². The smallest absolute Gasteiger partial charge is 0.326 e. The van der Waals surface area contributed by atoms with Gasteiger partial charge in [0.2, 0.25) is 0 Å². The van der Waals surface area contributed by atoms with E-state index in [0.29, 0.717) is 6.61 Å².